The summed E-state index contributed by atoms with van der Waals surface area (Å²) < 4.78 is 13.8. The van der Waals surface area contributed by atoms with Crippen molar-refractivity contribution in [3.05, 3.63) is 35.1 Å². The molecule has 0 N–H and O–H groups in total. The van der Waals surface area contributed by atoms with Crippen molar-refractivity contribution in [1.82, 2.24) is 0 Å². The SMILES string of the molecule is CCC[C@H]1CC[C@H](c2ccc(C(C)=O)c(F)c2)CC1. The van der Waals surface area contributed by atoms with Gasteiger partial charge in [-0.1, -0.05) is 25.8 Å². The molecule has 1 aromatic rings. The Morgan fingerprint density at radius 2 is 1.95 bits per heavy atom. The number of Topliss-reactive ketones (excluding diaryl/α,β-unsaturated/α-hetero) is 1. The van der Waals surface area contributed by atoms with Gasteiger partial charge in [-0.15, -0.1) is 0 Å². The summed E-state index contributed by atoms with van der Waals surface area (Å²) in [5, 5.41) is 0. The molecule has 0 atom stereocenters. The van der Waals surface area contributed by atoms with Crippen LogP contribution in [0.15, 0.2) is 18.2 Å². The van der Waals surface area contributed by atoms with Crippen LogP contribution in [0, 0.1) is 11.7 Å². The smallest absolute Gasteiger partial charge is 0.162 e. The van der Waals surface area contributed by atoms with Crippen LogP contribution in [0.1, 0.15) is 74.2 Å². The summed E-state index contributed by atoms with van der Waals surface area (Å²) in [7, 11) is 0. The highest BCUT2D eigenvalue weighted by atomic mass is 19.1. The van der Waals surface area contributed by atoms with E-state index in [1.807, 2.05) is 6.07 Å². The molecular weight excluding hydrogens is 239 g/mol. The topological polar surface area (TPSA) is 17.1 Å². The average Bonchev–Trinajstić information content (AvgIpc) is 2.39. The number of rotatable bonds is 4. The van der Waals surface area contributed by atoms with Gasteiger partial charge in [0.1, 0.15) is 5.82 Å². The van der Waals surface area contributed by atoms with Crippen LogP contribution in [0.2, 0.25) is 0 Å². The highest BCUT2D eigenvalue weighted by Crippen LogP contribution is 2.37. The second-order valence-corrected chi connectivity index (χ2v) is 5.80. The molecule has 2 heteroatoms. The van der Waals surface area contributed by atoms with Crippen LogP contribution >= 0.6 is 0 Å². The Labute approximate surface area is 115 Å². The second kappa shape index (κ2) is 6.31. The van der Waals surface area contributed by atoms with Gasteiger partial charge in [0.05, 0.1) is 5.56 Å². The van der Waals surface area contributed by atoms with Crippen LogP contribution in [-0.4, -0.2) is 5.78 Å². The third kappa shape index (κ3) is 3.43. The van der Waals surface area contributed by atoms with Crippen molar-refractivity contribution in [1.29, 1.82) is 0 Å². The predicted molar refractivity (Wildman–Crippen MR) is 76.0 cm³/mol. The van der Waals surface area contributed by atoms with Crippen molar-refractivity contribution in [2.24, 2.45) is 5.92 Å². The Hall–Kier alpha value is -1.18. The van der Waals surface area contributed by atoms with Crippen molar-refractivity contribution in [2.75, 3.05) is 0 Å². The molecule has 1 saturated carbocycles. The standard InChI is InChI=1S/C17H23FO/c1-3-4-13-5-7-14(8-6-13)15-9-10-16(12(2)19)17(18)11-15/h9-11,13-14H,3-8H2,1-2H3/t13-,14-. The van der Waals surface area contributed by atoms with Crippen molar-refractivity contribution in [2.45, 2.75) is 58.3 Å². The van der Waals surface area contributed by atoms with Crippen LogP contribution < -0.4 is 0 Å². The van der Waals surface area contributed by atoms with Gasteiger partial charge in [0, 0.05) is 0 Å². The van der Waals surface area contributed by atoms with Gasteiger partial charge in [-0.05, 0) is 62.1 Å². The molecular formula is C17H23FO. The van der Waals surface area contributed by atoms with Gasteiger partial charge < -0.3 is 0 Å². The third-order valence-corrected chi connectivity index (χ3v) is 4.39. The van der Waals surface area contributed by atoms with E-state index in [1.54, 1.807) is 12.1 Å². The zero-order chi connectivity index (χ0) is 13.8. The number of benzene rings is 1. The molecule has 0 spiro atoms. The number of carbonyl (C=O) groups is 1. The van der Waals surface area contributed by atoms with E-state index in [0.717, 1.165) is 24.3 Å². The van der Waals surface area contributed by atoms with E-state index in [0.29, 0.717) is 5.92 Å². The highest BCUT2D eigenvalue weighted by molar-refractivity contribution is 5.94. The Morgan fingerprint density at radius 1 is 1.26 bits per heavy atom. The lowest BCUT2D eigenvalue weighted by atomic mass is 9.77. The fourth-order valence-electron chi connectivity index (χ4n) is 3.26. The van der Waals surface area contributed by atoms with Gasteiger partial charge >= 0.3 is 0 Å². The average molecular weight is 262 g/mol. The lowest BCUT2D eigenvalue weighted by molar-refractivity contribution is 0.101. The Bertz CT molecular complexity index is 445. The number of carbonyl (C=O) groups excluding carboxylic acids is 1. The van der Waals surface area contributed by atoms with Crippen LogP contribution in [-0.2, 0) is 0 Å². The Morgan fingerprint density at radius 3 is 2.47 bits per heavy atom. The molecule has 104 valence electrons. The minimum atomic E-state index is -0.360. The molecule has 0 heterocycles. The molecule has 0 bridgehead atoms. The lowest BCUT2D eigenvalue weighted by Crippen LogP contribution is -2.13. The van der Waals surface area contributed by atoms with Gasteiger partial charge in [0.15, 0.2) is 5.78 Å². The number of hydrogen-bond donors (Lipinski definition) is 0. The van der Waals surface area contributed by atoms with E-state index >= 15 is 0 Å². The number of halogens is 1. The summed E-state index contributed by atoms with van der Waals surface area (Å²) in [6, 6.07) is 5.15. The summed E-state index contributed by atoms with van der Waals surface area (Å²) in [4.78, 5) is 11.2. The zero-order valence-corrected chi connectivity index (χ0v) is 11.9. The summed E-state index contributed by atoms with van der Waals surface area (Å²) in [5.41, 5.74) is 1.28. The summed E-state index contributed by atoms with van der Waals surface area (Å²) in [5.74, 6) is 0.780. The van der Waals surface area contributed by atoms with Gasteiger partial charge in [0.2, 0.25) is 0 Å². The maximum atomic E-state index is 13.8. The third-order valence-electron chi connectivity index (χ3n) is 4.39. The fraction of sp³-hybridized carbons (Fsp3) is 0.588. The first-order chi connectivity index (χ1) is 9.11. The summed E-state index contributed by atoms with van der Waals surface area (Å²) >= 11 is 0. The fourth-order valence-corrected chi connectivity index (χ4v) is 3.26. The quantitative estimate of drug-likeness (QED) is 0.690. The van der Waals surface area contributed by atoms with Crippen LogP contribution in [0.5, 0.6) is 0 Å². The first-order valence-electron chi connectivity index (χ1n) is 7.42. The first-order valence-corrected chi connectivity index (χ1v) is 7.42. The Kier molecular flexibility index (Phi) is 4.73. The molecule has 1 fully saturated rings. The maximum Gasteiger partial charge on any atom is 0.162 e. The molecule has 0 radical (unpaired) electrons. The van der Waals surface area contributed by atoms with E-state index in [9.17, 15) is 9.18 Å². The predicted octanol–water partition coefficient (Wildman–Crippen LogP) is 5.10. The molecule has 0 amide bonds. The van der Waals surface area contributed by atoms with E-state index in [4.69, 9.17) is 0 Å². The zero-order valence-electron chi connectivity index (χ0n) is 11.9. The van der Waals surface area contributed by atoms with Crippen molar-refractivity contribution >= 4 is 5.78 Å². The molecule has 19 heavy (non-hydrogen) atoms. The number of hydrogen-bond acceptors (Lipinski definition) is 1. The Balaban J connectivity index is 2.04. The first kappa shape index (κ1) is 14.2. The minimum Gasteiger partial charge on any atom is -0.294 e. The molecule has 0 aromatic heterocycles. The minimum absolute atomic E-state index is 0.198. The number of ketones is 1. The van der Waals surface area contributed by atoms with Gasteiger partial charge in [-0.2, -0.15) is 0 Å². The lowest BCUT2D eigenvalue weighted by Gasteiger charge is -2.28. The molecule has 1 aliphatic carbocycles. The molecule has 1 aromatic carbocycles. The summed E-state index contributed by atoms with van der Waals surface area (Å²) in [6.07, 6.45) is 7.41. The van der Waals surface area contributed by atoms with E-state index in [1.165, 1.54) is 32.6 Å². The largest absolute Gasteiger partial charge is 0.294 e. The van der Waals surface area contributed by atoms with Crippen molar-refractivity contribution in [3.8, 4) is 0 Å². The molecule has 0 saturated heterocycles. The molecule has 1 aliphatic rings. The van der Waals surface area contributed by atoms with Crippen LogP contribution in [0.3, 0.4) is 0 Å². The van der Waals surface area contributed by atoms with Gasteiger partial charge in [-0.3, -0.25) is 4.79 Å². The monoisotopic (exact) mass is 262 g/mol. The van der Waals surface area contributed by atoms with Crippen molar-refractivity contribution in [3.63, 3.8) is 0 Å². The normalized spacial score (nSPS) is 23.3. The summed E-state index contributed by atoms with van der Waals surface area (Å²) in [6.45, 7) is 3.65. The van der Waals surface area contributed by atoms with Gasteiger partial charge in [-0.25, -0.2) is 4.39 Å². The second-order valence-electron chi connectivity index (χ2n) is 5.80. The molecule has 2 rings (SSSR count). The van der Waals surface area contributed by atoms with E-state index < -0.39 is 0 Å². The van der Waals surface area contributed by atoms with Crippen molar-refractivity contribution < 1.29 is 9.18 Å². The van der Waals surface area contributed by atoms with E-state index in [2.05, 4.69) is 6.92 Å². The van der Waals surface area contributed by atoms with Gasteiger partial charge in [0.25, 0.3) is 0 Å². The molecule has 0 aliphatic heterocycles. The molecule has 0 unspecified atom stereocenters. The maximum absolute atomic E-state index is 13.8. The van der Waals surface area contributed by atoms with E-state index in [-0.39, 0.29) is 17.2 Å². The van der Waals surface area contributed by atoms with Crippen LogP contribution in [0.4, 0.5) is 4.39 Å². The van der Waals surface area contributed by atoms with Crippen LogP contribution in [0.25, 0.3) is 0 Å². The molecule has 1 nitrogen and oxygen atoms in total. The highest BCUT2D eigenvalue weighted by Gasteiger charge is 2.22.